The van der Waals surface area contributed by atoms with Gasteiger partial charge in [-0.25, -0.2) is 0 Å². The van der Waals surface area contributed by atoms with E-state index in [1.165, 1.54) is 14.2 Å². The van der Waals surface area contributed by atoms with Gasteiger partial charge in [-0.15, -0.1) is 0 Å². The zero-order valence-electron chi connectivity index (χ0n) is 11.1. The maximum absolute atomic E-state index is 12.6. The molecular weight excluding hydrogens is 264 g/mol. The fourth-order valence-corrected chi connectivity index (χ4v) is 4.34. The van der Waals surface area contributed by atoms with Crippen molar-refractivity contribution in [3.63, 3.8) is 0 Å². The third-order valence-electron chi connectivity index (χ3n) is 5.03. The molecule has 2 fully saturated rings. The number of hydrogen-bond donors (Lipinski definition) is 0. The Morgan fingerprint density at radius 3 is 1.35 bits per heavy atom. The first kappa shape index (κ1) is 12.1. The molecule has 0 unspecified atom stereocenters. The fourth-order valence-electron chi connectivity index (χ4n) is 4.34. The van der Waals surface area contributed by atoms with Gasteiger partial charge in [0, 0.05) is 0 Å². The molecule has 4 atom stereocenters. The number of hydrogen-bond acceptors (Lipinski definition) is 6. The van der Waals surface area contributed by atoms with Crippen molar-refractivity contribution >= 4 is 11.9 Å². The van der Waals surface area contributed by atoms with Crippen LogP contribution in [0.5, 0.6) is 0 Å². The van der Waals surface area contributed by atoms with Gasteiger partial charge in [0.05, 0.1) is 38.6 Å². The smallest absolute Gasteiger partial charge is 0.319 e. The third kappa shape index (κ3) is 0.901. The summed E-state index contributed by atoms with van der Waals surface area (Å²) in [6.45, 7) is 0. The first-order chi connectivity index (χ1) is 9.63. The molecule has 4 rings (SSSR count). The van der Waals surface area contributed by atoms with Crippen molar-refractivity contribution in [1.82, 2.24) is 0 Å². The minimum atomic E-state index is -1.19. The summed E-state index contributed by atoms with van der Waals surface area (Å²) in [5.41, 5.74) is -2.37. The molecule has 4 heterocycles. The zero-order chi connectivity index (χ0) is 14.1. The van der Waals surface area contributed by atoms with Crippen molar-refractivity contribution in [2.75, 3.05) is 14.2 Å². The number of carbonyl (C=O) groups excluding carboxylic acids is 2. The van der Waals surface area contributed by atoms with Crippen molar-refractivity contribution in [2.24, 2.45) is 10.8 Å². The maximum Gasteiger partial charge on any atom is 0.319 e. The highest BCUT2D eigenvalue weighted by Gasteiger charge is 2.85. The molecular formula is C14H14O6. The zero-order valence-corrected chi connectivity index (χ0v) is 11.1. The fraction of sp³-hybridized carbons (Fsp3) is 0.571. The molecule has 6 heteroatoms. The van der Waals surface area contributed by atoms with Crippen LogP contribution in [0.2, 0.25) is 0 Å². The highest BCUT2D eigenvalue weighted by molar-refractivity contribution is 5.94. The summed E-state index contributed by atoms with van der Waals surface area (Å²) in [5, 5.41) is 0. The van der Waals surface area contributed by atoms with E-state index in [0.717, 1.165) is 0 Å². The molecule has 2 saturated heterocycles. The lowest BCUT2D eigenvalue weighted by atomic mass is 9.53. The first-order valence-corrected chi connectivity index (χ1v) is 6.48. The summed E-state index contributed by atoms with van der Waals surface area (Å²) in [7, 11) is 2.62. The van der Waals surface area contributed by atoms with Gasteiger partial charge in [0.1, 0.15) is 10.8 Å². The Hall–Kier alpha value is -1.66. The molecule has 0 aromatic heterocycles. The van der Waals surface area contributed by atoms with Gasteiger partial charge in [-0.2, -0.15) is 0 Å². The standard InChI is InChI=1S/C14H14O6/c1-17-11(15)13-7-3-5-9(19-7)14(13,12(16)18-2)10-6-4-8(13)20-10/h3-10H,1-2H3/t7-,8-,9-,10-,13?,14?/m0/s1. The Kier molecular flexibility index (Phi) is 2.12. The molecule has 0 amide bonds. The second-order valence-corrected chi connectivity index (χ2v) is 5.45. The van der Waals surface area contributed by atoms with Gasteiger partial charge in [-0.1, -0.05) is 24.3 Å². The Morgan fingerprint density at radius 1 is 0.800 bits per heavy atom. The van der Waals surface area contributed by atoms with Crippen molar-refractivity contribution in [3.8, 4) is 0 Å². The van der Waals surface area contributed by atoms with Crippen LogP contribution < -0.4 is 0 Å². The highest BCUT2D eigenvalue weighted by atomic mass is 16.6. The van der Waals surface area contributed by atoms with Crippen LogP contribution in [0.1, 0.15) is 0 Å². The van der Waals surface area contributed by atoms with E-state index in [0.29, 0.717) is 0 Å². The predicted molar refractivity (Wildman–Crippen MR) is 64.5 cm³/mol. The molecule has 0 spiro atoms. The van der Waals surface area contributed by atoms with Crippen LogP contribution >= 0.6 is 0 Å². The van der Waals surface area contributed by atoms with Crippen LogP contribution in [0.4, 0.5) is 0 Å². The van der Waals surface area contributed by atoms with Crippen LogP contribution in [-0.2, 0) is 28.5 Å². The average Bonchev–Trinajstić information content (AvgIpc) is 3.21. The summed E-state index contributed by atoms with van der Waals surface area (Å²) in [6, 6.07) is 0. The van der Waals surface area contributed by atoms with E-state index in [1.807, 2.05) is 0 Å². The van der Waals surface area contributed by atoms with E-state index in [9.17, 15) is 9.59 Å². The SMILES string of the molecule is COC(=O)C12[C@@H]3C=C[C@H](O3)C1(C(=O)OC)[C@@H]1C=C[C@@H]2O1. The largest absolute Gasteiger partial charge is 0.468 e. The normalized spacial score (nSPS) is 49.5. The Balaban J connectivity index is 2.01. The predicted octanol–water partition coefficient (Wildman–Crippen LogP) is -0.0204. The molecule has 0 saturated carbocycles. The Morgan fingerprint density at radius 2 is 1.10 bits per heavy atom. The maximum atomic E-state index is 12.6. The van der Waals surface area contributed by atoms with Gasteiger partial charge in [0.25, 0.3) is 0 Å². The molecule has 20 heavy (non-hydrogen) atoms. The molecule has 4 aliphatic heterocycles. The topological polar surface area (TPSA) is 71.1 Å². The number of esters is 2. The molecule has 4 aliphatic rings. The third-order valence-corrected chi connectivity index (χ3v) is 5.03. The Bertz CT molecular complexity index is 488. The molecule has 0 aliphatic carbocycles. The first-order valence-electron chi connectivity index (χ1n) is 6.48. The highest BCUT2D eigenvalue weighted by Crippen LogP contribution is 2.69. The van der Waals surface area contributed by atoms with Crippen LogP contribution in [0.25, 0.3) is 0 Å². The quantitative estimate of drug-likeness (QED) is 0.522. The lowest BCUT2D eigenvalue weighted by Gasteiger charge is -2.42. The summed E-state index contributed by atoms with van der Waals surface area (Å²) >= 11 is 0. The summed E-state index contributed by atoms with van der Waals surface area (Å²) in [6.07, 6.45) is 5.11. The summed E-state index contributed by atoms with van der Waals surface area (Å²) in [4.78, 5) is 25.1. The molecule has 0 aromatic rings. The van der Waals surface area contributed by atoms with E-state index < -0.39 is 47.2 Å². The lowest BCUT2D eigenvalue weighted by molar-refractivity contribution is -0.174. The summed E-state index contributed by atoms with van der Waals surface area (Å²) in [5.74, 6) is -0.979. The van der Waals surface area contributed by atoms with Crippen LogP contribution in [0.3, 0.4) is 0 Å². The van der Waals surface area contributed by atoms with Crippen LogP contribution in [0.15, 0.2) is 24.3 Å². The number of ether oxygens (including phenoxy) is 4. The second-order valence-electron chi connectivity index (χ2n) is 5.45. The van der Waals surface area contributed by atoms with Crippen molar-refractivity contribution in [3.05, 3.63) is 24.3 Å². The number of carbonyl (C=O) groups is 2. The van der Waals surface area contributed by atoms with Crippen LogP contribution in [-0.4, -0.2) is 50.6 Å². The van der Waals surface area contributed by atoms with Gasteiger partial charge in [0.2, 0.25) is 0 Å². The second kappa shape index (κ2) is 3.51. The van der Waals surface area contributed by atoms with Gasteiger partial charge in [-0.3, -0.25) is 9.59 Å². The minimum Gasteiger partial charge on any atom is -0.468 e. The molecule has 0 radical (unpaired) electrons. The monoisotopic (exact) mass is 278 g/mol. The van der Waals surface area contributed by atoms with Crippen molar-refractivity contribution < 1.29 is 28.5 Å². The van der Waals surface area contributed by atoms with E-state index in [4.69, 9.17) is 18.9 Å². The van der Waals surface area contributed by atoms with Crippen LogP contribution in [0, 0.1) is 10.8 Å². The summed E-state index contributed by atoms with van der Waals surface area (Å²) < 4.78 is 21.7. The molecule has 6 nitrogen and oxygen atoms in total. The van der Waals surface area contributed by atoms with E-state index in [-0.39, 0.29) is 0 Å². The molecule has 0 aromatic carbocycles. The van der Waals surface area contributed by atoms with Gasteiger partial charge >= 0.3 is 11.9 Å². The number of methoxy groups -OCH3 is 2. The lowest BCUT2D eigenvalue weighted by Crippen LogP contribution is -2.62. The van der Waals surface area contributed by atoms with Gasteiger partial charge in [0.15, 0.2) is 0 Å². The van der Waals surface area contributed by atoms with E-state index >= 15 is 0 Å². The number of fused-ring (bicyclic) bond motifs is 9. The van der Waals surface area contributed by atoms with Crippen molar-refractivity contribution in [1.29, 1.82) is 0 Å². The van der Waals surface area contributed by atoms with Gasteiger partial charge in [-0.05, 0) is 0 Å². The van der Waals surface area contributed by atoms with Crippen molar-refractivity contribution in [2.45, 2.75) is 24.4 Å². The van der Waals surface area contributed by atoms with Gasteiger partial charge < -0.3 is 18.9 Å². The minimum absolute atomic E-state index is 0.489. The average molecular weight is 278 g/mol. The number of rotatable bonds is 2. The Labute approximate surface area is 115 Å². The molecule has 4 bridgehead atoms. The molecule has 106 valence electrons. The molecule has 0 N–H and O–H groups in total. The van der Waals surface area contributed by atoms with E-state index in [2.05, 4.69) is 0 Å². The van der Waals surface area contributed by atoms with E-state index in [1.54, 1.807) is 24.3 Å².